The Bertz CT molecular complexity index is 3300. The van der Waals surface area contributed by atoms with Crippen LogP contribution in [0.15, 0.2) is 237 Å². The average molecular weight is 782 g/mol. The molecule has 0 radical (unpaired) electrons. The normalized spacial score (nSPS) is 11.3. The van der Waals surface area contributed by atoms with E-state index < -0.39 is 0 Å². The average Bonchev–Trinajstić information content (AvgIpc) is 3.72. The molecule has 0 saturated carbocycles. The molecule has 0 atom stereocenters. The Labute approximate surface area is 354 Å². The molecule has 0 bridgehead atoms. The van der Waals surface area contributed by atoms with Crippen molar-refractivity contribution >= 4 is 59.3 Å². The first-order chi connectivity index (χ1) is 29.7. The van der Waals surface area contributed by atoms with E-state index in [1.165, 1.54) is 86.6 Å². The highest BCUT2D eigenvalue weighted by Gasteiger charge is 2.17. The van der Waals surface area contributed by atoms with Gasteiger partial charge in [0.25, 0.3) is 0 Å². The molecule has 0 amide bonds. The fraction of sp³-hybridized carbons (Fsp3) is 0. The Morgan fingerprint density at radius 3 is 1.52 bits per heavy atom. The van der Waals surface area contributed by atoms with Crippen molar-refractivity contribution in [1.29, 1.82) is 0 Å². The molecular formula is C58H39NS. The molecule has 0 aliphatic carbocycles. The minimum absolute atomic E-state index is 1.10. The number of hydrogen-bond acceptors (Lipinski definition) is 2. The van der Waals surface area contributed by atoms with Gasteiger partial charge in [-0.1, -0.05) is 176 Å². The van der Waals surface area contributed by atoms with Gasteiger partial charge in [-0.2, -0.15) is 0 Å². The van der Waals surface area contributed by atoms with E-state index in [4.69, 9.17) is 0 Å². The van der Waals surface area contributed by atoms with Crippen LogP contribution in [-0.4, -0.2) is 0 Å². The molecule has 1 aromatic heterocycles. The summed E-state index contributed by atoms with van der Waals surface area (Å²) < 4.78 is 2.63. The summed E-state index contributed by atoms with van der Waals surface area (Å²) in [6, 6.07) is 86.1. The molecule has 0 spiro atoms. The second kappa shape index (κ2) is 15.3. The molecule has 2 heteroatoms. The van der Waals surface area contributed by atoms with Gasteiger partial charge in [0.1, 0.15) is 0 Å². The number of hydrogen-bond donors (Lipinski definition) is 0. The van der Waals surface area contributed by atoms with E-state index in [0.29, 0.717) is 0 Å². The van der Waals surface area contributed by atoms with Crippen molar-refractivity contribution in [2.45, 2.75) is 0 Å². The highest BCUT2D eigenvalue weighted by atomic mass is 32.1. The monoisotopic (exact) mass is 781 g/mol. The Hall–Kier alpha value is -7.52. The Kier molecular flexibility index (Phi) is 9.11. The third-order valence-electron chi connectivity index (χ3n) is 11.7. The lowest BCUT2D eigenvalue weighted by atomic mass is 9.95. The van der Waals surface area contributed by atoms with Gasteiger partial charge in [0.05, 0.1) is 0 Å². The van der Waals surface area contributed by atoms with Crippen LogP contribution >= 0.6 is 11.3 Å². The van der Waals surface area contributed by atoms with Crippen molar-refractivity contribution in [2.75, 3.05) is 4.90 Å². The van der Waals surface area contributed by atoms with Crippen LogP contribution < -0.4 is 4.90 Å². The highest BCUT2D eigenvalue weighted by Crippen LogP contribution is 2.43. The standard InChI is InChI=1S/C58H39NS/c1-2-13-40(14-3-1)44-17-8-18-45(37-44)41-29-33-49(34-30-41)59(50-35-31-43(32-36-50)54-26-12-28-57-58(54)55-24-6-7-27-56(55)60-57)51-22-10-20-47(39-51)46-19-9-21-48(38-46)53-25-11-16-42-15-4-5-23-52(42)53/h1-39H. The SMILES string of the molecule is c1ccc(-c2cccc(-c3ccc(N(c4ccc(-c5cccc6sc7ccccc7c56)cc4)c4cccc(-c5cccc(-c6cccc7ccccc67)c5)c4)cc3)c2)cc1. The molecule has 0 fully saturated rings. The molecule has 282 valence electrons. The molecule has 11 rings (SSSR count). The van der Waals surface area contributed by atoms with Crippen molar-refractivity contribution in [3.63, 3.8) is 0 Å². The summed E-state index contributed by atoms with van der Waals surface area (Å²) in [6.45, 7) is 0. The fourth-order valence-corrected chi connectivity index (χ4v) is 9.86. The second-order valence-electron chi connectivity index (χ2n) is 15.3. The van der Waals surface area contributed by atoms with Gasteiger partial charge in [-0.3, -0.25) is 0 Å². The van der Waals surface area contributed by atoms with Crippen molar-refractivity contribution in [3.8, 4) is 55.6 Å². The molecule has 0 aliphatic heterocycles. The van der Waals surface area contributed by atoms with E-state index in [1.807, 2.05) is 11.3 Å². The zero-order chi connectivity index (χ0) is 39.8. The Morgan fingerprint density at radius 1 is 0.267 bits per heavy atom. The number of anilines is 3. The number of fused-ring (bicyclic) bond motifs is 4. The molecular weight excluding hydrogens is 743 g/mol. The summed E-state index contributed by atoms with van der Waals surface area (Å²) in [5.74, 6) is 0. The van der Waals surface area contributed by atoms with E-state index in [1.54, 1.807) is 0 Å². The third kappa shape index (κ3) is 6.63. The number of rotatable bonds is 8. The van der Waals surface area contributed by atoms with Crippen LogP contribution in [0, 0.1) is 0 Å². The lowest BCUT2D eigenvalue weighted by molar-refractivity contribution is 1.28. The Balaban J connectivity index is 0.997. The van der Waals surface area contributed by atoms with Gasteiger partial charge in [0.2, 0.25) is 0 Å². The van der Waals surface area contributed by atoms with Crippen molar-refractivity contribution < 1.29 is 0 Å². The quantitative estimate of drug-likeness (QED) is 0.148. The topological polar surface area (TPSA) is 3.24 Å². The van der Waals surface area contributed by atoms with Gasteiger partial charge in [0.15, 0.2) is 0 Å². The smallest absolute Gasteiger partial charge is 0.0467 e. The molecule has 1 nitrogen and oxygen atoms in total. The summed E-state index contributed by atoms with van der Waals surface area (Å²) in [5, 5.41) is 5.15. The highest BCUT2D eigenvalue weighted by molar-refractivity contribution is 7.25. The van der Waals surface area contributed by atoms with Gasteiger partial charge in [-0.15, -0.1) is 11.3 Å². The van der Waals surface area contributed by atoms with Crippen LogP contribution in [0.3, 0.4) is 0 Å². The molecule has 11 aromatic rings. The summed E-state index contributed by atoms with van der Waals surface area (Å²) in [7, 11) is 0. The summed E-state index contributed by atoms with van der Waals surface area (Å²) in [4.78, 5) is 2.38. The predicted octanol–water partition coefficient (Wildman–Crippen LogP) is 17.0. The fourth-order valence-electron chi connectivity index (χ4n) is 8.73. The zero-order valence-corrected chi connectivity index (χ0v) is 33.7. The molecule has 0 saturated heterocycles. The van der Waals surface area contributed by atoms with Gasteiger partial charge in [0, 0.05) is 37.2 Å². The van der Waals surface area contributed by atoms with Crippen molar-refractivity contribution in [1.82, 2.24) is 0 Å². The lowest BCUT2D eigenvalue weighted by Gasteiger charge is -2.26. The van der Waals surface area contributed by atoms with Crippen molar-refractivity contribution in [3.05, 3.63) is 237 Å². The first-order valence-electron chi connectivity index (χ1n) is 20.5. The lowest BCUT2D eigenvalue weighted by Crippen LogP contribution is -2.10. The number of thiophene rings is 1. The third-order valence-corrected chi connectivity index (χ3v) is 12.8. The van der Waals surface area contributed by atoms with Gasteiger partial charge < -0.3 is 4.90 Å². The summed E-state index contributed by atoms with van der Waals surface area (Å²) in [6.07, 6.45) is 0. The van der Waals surface area contributed by atoms with E-state index >= 15 is 0 Å². The minimum atomic E-state index is 1.10. The molecule has 0 N–H and O–H groups in total. The van der Waals surface area contributed by atoms with E-state index in [9.17, 15) is 0 Å². The van der Waals surface area contributed by atoms with Crippen LogP contribution in [0.1, 0.15) is 0 Å². The molecule has 1 heterocycles. The van der Waals surface area contributed by atoms with Crippen LogP contribution in [0.2, 0.25) is 0 Å². The number of benzene rings is 10. The summed E-state index contributed by atoms with van der Waals surface area (Å²) in [5.41, 5.74) is 15.4. The van der Waals surface area contributed by atoms with E-state index in [0.717, 1.165) is 17.1 Å². The molecule has 0 unspecified atom stereocenters. The van der Waals surface area contributed by atoms with Crippen LogP contribution in [0.25, 0.3) is 86.6 Å². The van der Waals surface area contributed by atoms with Crippen LogP contribution in [0.4, 0.5) is 17.1 Å². The molecule has 0 aliphatic rings. The van der Waals surface area contributed by atoms with Crippen LogP contribution in [0.5, 0.6) is 0 Å². The molecule has 10 aromatic carbocycles. The largest absolute Gasteiger partial charge is 0.310 e. The maximum absolute atomic E-state index is 2.38. The first-order valence-corrected chi connectivity index (χ1v) is 21.3. The second-order valence-corrected chi connectivity index (χ2v) is 16.4. The minimum Gasteiger partial charge on any atom is -0.310 e. The van der Waals surface area contributed by atoms with E-state index in [2.05, 4.69) is 241 Å². The van der Waals surface area contributed by atoms with Gasteiger partial charge >= 0.3 is 0 Å². The van der Waals surface area contributed by atoms with Crippen LogP contribution in [-0.2, 0) is 0 Å². The number of nitrogens with zero attached hydrogens (tertiary/aromatic N) is 1. The van der Waals surface area contributed by atoms with Crippen molar-refractivity contribution in [2.24, 2.45) is 0 Å². The molecule has 60 heavy (non-hydrogen) atoms. The Morgan fingerprint density at radius 2 is 0.750 bits per heavy atom. The van der Waals surface area contributed by atoms with Gasteiger partial charge in [-0.25, -0.2) is 0 Å². The zero-order valence-electron chi connectivity index (χ0n) is 32.9. The van der Waals surface area contributed by atoms with E-state index in [-0.39, 0.29) is 0 Å². The predicted molar refractivity (Wildman–Crippen MR) is 259 cm³/mol. The maximum atomic E-state index is 2.38. The summed E-state index contributed by atoms with van der Waals surface area (Å²) >= 11 is 1.86. The maximum Gasteiger partial charge on any atom is 0.0467 e. The first kappa shape index (κ1) is 35.6. The van der Waals surface area contributed by atoms with Gasteiger partial charge in [-0.05, 0) is 127 Å².